The van der Waals surface area contributed by atoms with Crippen molar-refractivity contribution in [3.63, 3.8) is 0 Å². The molecule has 3 heterocycles. The second-order valence-electron chi connectivity index (χ2n) is 5.84. The first-order valence-electron chi connectivity index (χ1n) is 8.06. The summed E-state index contributed by atoms with van der Waals surface area (Å²) in [7, 11) is 0. The molecule has 2 N–H and O–H groups in total. The minimum atomic E-state index is -0.257. The van der Waals surface area contributed by atoms with E-state index in [9.17, 15) is 9.90 Å². The summed E-state index contributed by atoms with van der Waals surface area (Å²) in [5.41, 5.74) is 1.63. The summed E-state index contributed by atoms with van der Waals surface area (Å²) in [5, 5.41) is 12.0. The summed E-state index contributed by atoms with van der Waals surface area (Å²) in [6, 6.07) is 8.91. The van der Waals surface area contributed by atoms with Gasteiger partial charge >= 0.3 is 0 Å². The fourth-order valence-electron chi connectivity index (χ4n) is 2.95. The van der Waals surface area contributed by atoms with Crippen LogP contribution in [0.15, 0.2) is 43.0 Å². The highest BCUT2D eigenvalue weighted by Gasteiger charge is 2.28. The van der Waals surface area contributed by atoms with Gasteiger partial charge in [0, 0.05) is 5.56 Å². The SMILES string of the molecule is O=C(Nc1ncnc2c1ncn2[C@@H]1CC[C@H](CO)O1)c1ccccc1. The van der Waals surface area contributed by atoms with Crippen LogP contribution in [0.2, 0.25) is 0 Å². The molecule has 3 aromatic rings. The van der Waals surface area contributed by atoms with Gasteiger partial charge in [-0.15, -0.1) is 0 Å². The number of aliphatic hydroxyl groups is 1. The van der Waals surface area contributed by atoms with Crippen molar-refractivity contribution in [2.24, 2.45) is 0 Å². The van der Waals surface area contributed by atoms with Crippen molar-refractivity contribution in [1.29, 1.82) is 0 Å². The highest BCUT2D eigenvalue weighted by Crippen LogP contribution is 2.31. The number of amides is 1. The van der Waals surface area contributed by atoms with Crippen LogP contribution in [-0.4, -0.2) is 43.2 Å². The van der Waals surface area contributed by atoms with E-state index in [-0.39, 0.29) is 24.8 Å². The van der Waals surface area contributed by atoms with Crippen LogP contribution in [0, 0.1) is 0 Å². The first kappa shape index (κ1) is 15.7. The number of anilines is 1. The predicted octanol–water partition coefficient (Wildman–Crippen LogP) is 1.75. The maximum absolute atomic E-state index is 12.3. The summed E-state index contributed by atoms with van der Waals surface area (Å²) in [4.78, 5) is 25.1. The van der Waals surface area contributed by atoms with E-state index in [1.165, 1.54) is 6.33 Å². The van der Waals surface area contributed by atoms with E-state index in [2.05, 4.69) is 20.3 Å². The minimum Gasteiger partial charge on any atom is -0.394 e. The largest absolute Gasteiger partial charge is 0.394 e. The van der Waals surface area contributed by atoms with Crippen molar-refractivity contribution in [3.8, 4) is 0 Å². The number of rotatable bonds is 4. The van der Waals surface area contributed by atoms with Gasteiger partial charge in [-0.05, 0) is 25.0 Å². The van der Waals surface area contributed by atoms with E-state index in [4.69, 9.17) is 4.74 Å². The Morgan fingerprint density at radius 1 is 1.24 bits per heavy atom. The lowest BCUT2D eigenvalue weighted by molar-refractivity contribution is -0.0207. The summed E-state index contributed by atoms with van der Waals surface area (Å²) < 4.78 is 7.59. The van der Waals surface area contributed by atoms with Crippen LogP contribution in [0.3, 0.4) is 0 Å². The summed E-state index contributed by atoms with van der Waals surface area (Å²) in [6.45, 7) is -0.00348. The standard InChI is InChI=1S/C17H17N5O3/c23-8-12-6-7-13(25-12)22-10-20-14-15(18-9-19-16(14)22)21-17(24)11-4-2-1-3-5-11/h1-5,9-10,12-13,23H,6-8H2,(H,18,19,21,24)/t12-,13+/m1/s1. The van der Waals surface area contributed by atoms with E-state index in [0.717, 1.165) is 12.8 Å². The third-order valence-electron chi connectivity index (χ3n) is 4.23. The molecule has 0 spiro atoms. The van der Waals surface area contributed by atoms with E-state index >= 15 is 0 Å². The number of carbonyl (C=O) groups is 1. The number of benzene rings is 1. The Balaban J connectivity index is 1.62. The van der Waals surface area contributed by atoms with Gasteiger partial charge in [0.15, 0.2) is 17.0 Å². The molecule has 1 aromatic carbocycles. The fraction of sp³-hybridized carbons (Fsp3) is 0.294. The molecular weight excluding hydrogens is 322 g/mol. The highest BCUT2D eigenvalue weighted by atomic mass is 16.5. The lowest BCUT2D eigenvalue weighted by atomic mass is 10.2. The van der Waals surface area contributed by atoms with Crippen LogP contribution in [-0.2, 0) is 4.74 Å². The number of fused-ring (bicyclic) bond motifs is 1. The van der Waals surface area contributed by atoms with E-state index in [1.807, 2.05) is 10.6 Å². The average Bonchev–Trinajstić information content (AvgIpc) is 3.29. The maximum Gasteiger partial charge on any atom is 0.256 e. The van der Waals surface area contributed by atoms with Gasteiger partial charge < -0.3 is 15.2 Å². The number of carbonyl (C=O) groups excluding carboxylic acids is 1. The molecule has 1 aliphatic heterocycles. The molecule has 0 unspecified atom stereocenters. The average molecular weight is 339 g/mol. The maximum atomic E-state index is 12.3. The molecule has 2 aromatic heterocycles. The lowest BCUT2D eigenvalue weighted by Gasteiger charge is -2.13. The van der Waals surface area contributed by atoms with Gasteiger partial charge in [0.25, 0.3) is 5.91 Å². The zero-order valence-electron chi connectivity index (χ0n) is 13.4. The van der Waals surface area contributed by atoms with Gasteiger partial charge in [-0.25, -0.2) is 15.0 Å². The summed E-state index contributed by atoms with van der Waals surface area (Å²) in [6.07, 6.45) is 4.17. The molecule has 1 aliphatic rings. The summed E-state index contributed by atoms with van der Waals surface area (Å²) >= 11 is 0. The van der Waals surface area contributed by atoms with Gasteiger partial charge in [-0.1, -0.05) is 18.2 Å². The minimum absolute atomic E-state index is 0.00348. The Labute approximate surface area is 143 Å². The highest BCUT2D eigenvalue weighted by molar-refractivity contribution is 6.06. The van der Waals surface area contributed by atoms with Crippen LogP contribution in [0.5, 0.6) is 0 Å². The van der Waals surface area contributed by atoms with Gasteiger partial charge in [0.2, 0.25) is 0 Å². The number of ether oxygens (including phenoxy) is 1. The van der Waals surface area contributed by atoms with Crippen molar-refractivity contribution in [1.82, 2.24) is 19.5 Å². The number of aromatic nitrogens is 4. The van der Waals surface area contributed by atoms with Crippen molar-refractivity contribution in [3.05, 3.63) is 48.5 Å². The second-order valence-corrected chi connectivity index (χ2v) is 5.84. The number of hydrogen-bond acceptors (Lipinski definition) is 6. The first-order chi connectivity index (χ1) is 12.3. The number of nitrogens with zero attached hydrogens (tertiary/aromatic N) is 4. The van der Waals surface area contributed by atoms with Gasteiger partial charge in [-0.2, -0.15) is 0 Å². The Morgan fingerprint density at radius 3 is 2.84 bits per heavy atom. The molecule has 25 heavy (non-hydrogen) atoms. The van der Waals surface area contributed by atoms with E-state index in [1.54, 1.807) is 30.6 Å². The molecule has 8 heteroatoms. The van der Waals surface area contributed by atoms with Crippen molar-refractivity contribution in [2.45, 2.75) is 25.2 Å². The number of imidazole rings is 1. The van der Waals surface area contributed by atoms with Crippen molar-refractivity contribution >= 4 is 22.9 Å². The van der Waals surface area contributed by atoms with Crippen LogP contribution in [0.1, 0.15) is 29.4 Å². The number of hydrogen-bond donors (Lipinski definition) is 2. The van der Waals surface area contributed by atoms with Gasteiger partial charge in [0.1, 0.15) is 12.6 Å². The monoisotopic (exact) mass is 339 g/mol. The number of aliphatic hydroxyl groups excluding tert-OH is 1. The Morgan fingerprint density at radius 2 is 2.08 bits per heavy atom. The molecule has 2 atom stereocenters. The third-order valence-corrected chi connectivity index (χ3v) is 4.23. The predicted molar refractivity (Wildman–Crippen MR) is 89.9 cm³/mol. The fourth-order valence-corrected chi connectivity index (χ4v) is 2.95. The molecule has 1 fully saturated rings. The molecule has 0 radical (unpaired) electrons. The molecule has 0 aliphatic carbocycles. The van der Waals surface area contributed by atoms with Crippen molar-refractivity contribution in [2.75, 3.05) is 11.9 Å². The van der Waals surface area contributed by atoms with Gasteiger partial charge in [0.05, 0.1) is 19.0 Å². The Bertz CT molecular complexity index is 896. The zero-order valence-corrected chi connectivity index (χ0v) is 13.4. The molecule has 0 bridgehead atoms. The van der Waals surface area contributed by atoms with Crippen LogP contribution >= 0.6 is 0 Å². The second kappa shape index (κ2) is 6.58. The lowest BCUT2D eigenvalue weighted by Crippen LogP contribution is -2.15. The third kappa shape index (κ3) is 2.97. The molecule has 0 saturated carbocycles. The van der Waals surface area contributed by atoms with Crippen LogP contribution in [0.4, 0.5) is 5.82 Å². The quantitative estimate of drug-likeness (QED) is 0.751. The zero-order chi connectivity index (χ0) is 17.2. The van der Waals surface area contributed by atoms with Gasteiger partial charge in [-0.3, -0.25) is 9.36 Å². The smallest absolute Gasteiger partial charge is 0.256 e. The van der Waals surface area contributed by atoms with Crippen LogP contribution in [0.25, 0.3) is 11.2 Å². The van der Waals surface area contributed by atoms with E-state index < -0.39 is 0 Å². The molecule has 1 amide bonds. The Hall–Kier alpha value is -2.84. The molecule has 8 nitrogen and oxygen atoms in total. The van der Waals surface area contributed by atoms with E-state index in [0.29, 0.717) is 22.5 Å². The first-order valence-corrected chi connectivity index (χ1v) is 8.06. The molecule has 1 saturated heterocycles. The molecule has 128 valence electrons. The molecule has 4 rings (SSSR count). The summed E-state index contributed by atoms with van der Waals surface area (Å²) in [5.74, 6) is 0.0990. The normalized spacial score (nSPS) is 20.0. The number of nitrogens with one attached hydrogen (secondary N) is 1. The topological polar surface area (TPSA) is 102 Å². The van der Waals surface area contributed by atoms with Crippen LogP contribution < -0.4 is 5.32 Å². The van der Waals surface area contributed by atoms with Crippen molar-refractivity contribution < 1.29 is 14.6 Å². The molecular formula is C17H17N5O3. The Kier molecular flexibility index (Phi) is 4.12.